The summed E-state index contributed by atoms with van der Waals surface area (Å²) in [6.07, 6.45) is 1.55. The van der Waals surface area contributed by atoms with Crippen molar-refractivity contribution in [2.24, 2.45) is 5.73 Å². The van der Waals surface area contributed by atoms with E-state index < -0.39 is 0 Å². The minimum absolute atomic E-state index is 0.269. The molecular formula is C16H24N2O2. The smallest absolute Gasteiger partial charge is 0.122 e. The van der Waals surface area contributed by atoms with Gasteiger partial charge in [-0.05, 0) is 31.0 Å². The lowest BCUT2D eigenvalue weighted by molar-refractivity contribution is -0.0799. The Bertz CT molecular complexity index is 468. The Hall–Kier alpha value is -1.10. The van der Waals surface area contributed by atoms with E-state index in [9.17, 15) is 0 Å². The van der Waals surface area contributed by atoms with Gasteiger partial charge in [0.25, 0.3) is 0 Å². The maximum absolute atomic E-state index is 6.06. The van der Waals surface area contributed by atoms with E-state index in [0.29, 0.717) is 6.54 Å². The van der Waals surface area contributed by atoms with Crippen molar-refractivity contribution in [3.63, 3.8) is 0 Å². The summed E-state index contributed by atoms with van der Waals surface area (Å²) in [5.74, 6) is 1.04. The van der Waals surface area contributed by atoms with Crippen LogP contribution in [-0.4, -0.2) is 43.3 Å². The highest BCUT2D eigenvalue weighted by molar-refractivity contribution is 5.41. The second-order valence-corrected chi connectivity index (χ2v) is 5.93. The molecule has 3 atom stereocenters. The second kappa shape index (κ2) is 5.72. The van der Waals surface area contributed by atoms with E-state index in [2.05, 4.69) is 36.9 Å². The van der Waals surface area contributed by atoms with Gasteiger partial charge in [-0.1, -0.05) is 12.1 Å². The van der Waals surface area contributed by atoms with Crippen LogP contribution in [0.2, 0.25) is 0 Å². The van der Waals surface area contributed by atoms with Gasteiger partial charge in [0.15, 0.2) is 0 Å². The molecule has 2 N–H and O–H groups in total. The minimum Gasteiger partial charge on any atom is -0.493 e. The largest absolute Gasteiger partial charge is 0.493 e. The lowest BCUT2D eigenvalue weighted by atomic mass is 10.00. The predicted molar refractivity (Wildman–Crippen MR) is 79.0 cm³/mol. The van der Waals surface area contributed by atoms with Gasteiger partial charge < -0.3 is 15.2 Å². The van der Waals surface area contributed by atoms with Crippen molar-refractivity contribution < 1.29 is 9.47 Å². The molecule has 1 saturated heterocycles. The van der Waals surface area contributed by atoms with Crippen LogP contribution < -0.4 is 10.5 Å². The zero-order valence-corrected chi connectivity index (χ0v) is 12.3. The summed E-state index contributed by atoms with van der Waals surface area (Å²) >= 11 is 0. The monoisotopic (exact) mass is 276 g/mol. The highest BCUT2D eigenvalue weighted by Crippen LogP contribution is 2.31. The molecular weight excluding hydrogens is 252 g/mol. The van der Waals surface area contributed by atoms with Crippen LogP contribution in [0.15, 0.2) is 18.2 Å². The predicted octanol–water partition coefficient (Wildman–Crippen LogP) is 1.73. The van der Waals surface area contributed by atoms with Crippen molar-refractivity contribution in [1.82, 2.24) is 4.90 Å². The van der Waals surface area contributed by atoms with Gasteiger partial charge in [0, 0.05) is 32.1 Å². The molecule has 0 spiro atoms. The Morgan fingerprint density at radius 3 is 2.75 bits per heavy atom. The topological polar surface area (TPSA) is 47.7 Å². The fourth-order valence-electron chi connectivity index (χ4n) is 3.38. The minimum atomic E-state index is 0.269. The number of ether oxygens (including phenoxy) is 2. The Morgan fingerprint density at radius 1 is 1.30 bits per heavy atom. The molecule has 2 heterocycles. The third-order valence-electron chi connectivity index (χ3n) is 4.21. The van der Waals surface area contributed by atoms with Crippen LogP contribution in [0.1, 0.15) is 31.0 Å². The zero-order chi connectivity index (χ0) is 14.1. The van der Waals surface area contributed by atoms with Crippen LogP contribution in [-0.2, 0) is 11.2 Å². The normalized spacial score (nSPS) is 27.9. The van der Waals surface area contributed by atoms with Gasteiger partial charge in [0.2, 0.25) is 0 Å². The maximum atomic E-state index is 6.06. The van der Waals surface area contributed by atoms with Crippen molar-refractivity contribution in [2.45, 2.75) is 38.5 Å². The molecule has 0 amide bonds. The Morgan fingerprint density at radius 2 is 2.05 bits per heavy atom. The molecule has 1 aromatic rings. The fraction of sp³-hybridized carbons (Fsp3) is 0.625. The molecule has 0 saturated carbocycles. The quantitative estimate of drug-likeness (QED) is 0.913. The van der Waals surface area contributed by atoms with E-state index in [0.717, 1.165) is 31.9 Å². The van der Waals surface area contributed by atoms with Gasteiger partial charge in [-0.15, -0.1) is 0 Å². The van der Waals surface area contributed by atoms with E-state index in [1.165, 1.54) is 11.1 Å². The number of benzene rings is 1. The van der Waals surface area contributed by atoms with Crippen LogP contribution >= 0.6 is 0 Å². The maximum Gasteiger partial charge on any atom is 0.122 e. The number of hydrogen-bond donors (Lipinski definition) is 1. The first kappa shape index (κ1) is 13.9. The lowest BCUT2D eigenvalue weighted by Crippen LogP contribution is -2.48. The number of nitrogens with zero attached hydrogens (tertiary/aromatic N) is 1. The highest BCUT2D eigenvalue weighted by Gasteiger charge is 2.28. The molecule has 4 heteroatoms. The van der Waals surface area contributed by atoms with Crippen LogP contribution in [0, 0.1) is 0 Å². The van der Waals surface area contributed by atoms with Crippen molar-refractivity contribution >= 4 is 0 Å². The van der Waals surface area contributed by atoms with E-state index in [1.807, 2.05) is 0 Å². The summed E-state index contributed by atoms with van der Waals surface area (Å²) in [4.78, 5) is 2.45. The molecule has 2 aliphatic heterocycles. The van der Waals surface area contributed by atoms with Crippen LogP contribution in [0.4, 0.5) is 0 Å². The van der Waals surface area contributed by atoms with Gasteiger partial charge in [-0.2, -0.15) is 0 Å². The van der Waals surface area contributed by atoms with E-state index in [1.54, 1.807) is 0 Å². The summed E-state index contributed by atoms with van der Waals surface area (Å²) in [6, 6.07) is 6.79. The first-order valence-electron chi connectivity index (χ1n) is 7.52. The Kier molecular flexibility index (Phi) is 3.96. The average molecular weight is 276 g/mol. The summed E-state index contributed by atoms with van der Waals surface area (Å²) in [5.41, 5.74) is 8.68. The first-order chi connectivity index (χ1) is 9.67. The van der Waals surface area contributed by atoms with Gasteiger partial charge >= 0.3 is 0 Å². The molecule has 1 fully saturated rings. The van der Waals surface area contributed by atoms with E-state index in [-0.39, 0.29) is 18.2 Å². The van der Waals surface area contributed by atoms with Crippen molar-refractivity contribution in [2.75, 3.05) is 26.2 Å². The molecule has 0 unspecified atom stereocenters. The molecule has 0 radical (unpaired) electrons. The van der Waals surface area contributed by atoms with Crippen LogP contribution in [0.3, 0.4) is 0 Å². The molecule has 0 aliphatic carbocycles. The first-order valence-corrected chi connectivity index (χ1v) is 7.52. The van der Waals surface area contributed by atoms with E-state index in [4.69, 9.17) is 15.2 Å². The number of nitrogens with two attached hydrogens (primary N) is 1. The Balaban J connectivity index is 1.82. The summed E-state index contributed by atoms with van der Waals surface area (Å²) < 4.78 is 11.4. The van der Waals surface area contributed by atoms with Crippen molar-refractivity contribution in [3.05, 3.63) is 29.3 Å². The number of hydrogen-bond acceptors (Lipinski definition) is 4. The van der Waals surface area contributed by atoms with E-state index >= 15 is 0 Å². The van der Waals surface area contributed by atoms with Gasteiger partial charge in [-0.25, -0.2) is 0 Å². The third kappa shape index (κ3) is 2.68. The standard InChI is InChI=1S/C16H24N2O2/c1-11-9-18(10-12(2)20-11)15(8-17)13-3-4-16-14(7-13)5-6-19-16/h3-4,7,11-12,15H,5-6,8-10,17H2,1-2H3/t11-,12+,15-/m1/s1. The summed E-state index contributed by atoms with van der Waals surface area (Å²) in [5, 5.41) is 0. The van der Waals surface area contributed by atoms with Crippen LogP contribution in [0.25, 0.3) is 0 Å². The molecule has 3 rings (SSSR count). The average Bonchev–Trinajstić information content (AvgIpc) is 2.86. The molecule has 4 nitrogen and oxygen atoms in total. The van der Waals surface area contributed by atoms with Gasteiger partial charge in [0.05, 0.1) is 18.8 Å². The summed E-state index contributed by atoms with van der Waals surface area (Å²) in [7, 11) is 0. The molecule has 0 bridgehead atoms. The molecule has 2 aliphatic rings. The molecule has 20 heavy (non-hydrogen) atoms. The summed E-state index contributed by atoms with van der Waals surface area (Å²) in [6.45, 7) is 7.59. The highest BCUT2D eigenvalue weighted by atomic mass is 16.5. The second-order valence-electron chi connectivity index (χ2n) is 5.93. The number of morpholine rings is 1. The SMILES string of the molecule is C[C@@H]1CN([C@H](CN)c2ccc3c(c2)CCO3)C[C@H](C)O1. The number of fused-ring (bicyclic) bond motifs is 1. The zero-order valence-electron chi connectivity index (χ0n) is 12.3. The van der Waals surface area contributed by atoms with Gasteiger partial charge in [0.1, 0.15) is 5.75 Å². The van der Waals surface area contributed by atoms with Gasteiger partial charge in [-0.3, -0.25) is 4.90 Å². The lowest BCUT2D eigenvalue weighted by Gasteiger charge is -2.40. The van der Waals surface area contributed by atoms with Crippen molar-refractivity contribution in [3.8, 4) is 5.75 Å². The fourth-order valence-corrected chi connectivity index (χ4v) is 3.38. The molecule has 1 aromatic carbocycles. The molecule has 0 aromatic heterocycles. The Labute approximate surface area is 120 Å². The number of rotatable bonds is 3. The van der Waals surface area contributed by atoms with Crippen LogP contribution in [0.5, 0.6) is 5.75 Å². The third-order valence-corrected chi connectivity index (χ3v) is 4.21. The molecule has 110 valence electrons. The van der Waals surface area contributed by atoms with Crippen molar-refractivity contribution in [1.29, 1.82) is 0 Å².